The molecule has 0 radical (unpaired) electrons. The predicted molar refractivity (Wildman–Crippen MR) is 531 cm³/mol. The van der Waals surface area contributed by atoms with Crippen LogP contribution < -0.4 is 31.9 Å². The van der Waals surface area contributed by atoms with Crippen LogP contribution in [0.2, 0.25) is 0 Å². The van der Waals surface area contributed by atoms with Gasteiger partial charge < -0.3 is 143 Å². The van der Waals surface area contributed by atoms with Crippen LogP contribution in [-0.2, 0) is 171 Å². The molecule has 6 heterocycles. The van der Waals surface area contributed by atoms with Gasteiger partial charge in [-0.25, -0.2) is 38.4 Å². The van der Waals surface area contributed by atoms with E-state index < -0.39 is 93.2 Å². The van der Waals surface area contributed by atoms with Gasteiger partial charge in [0.2, 0.25) is 11.8 Å². The van der Waals surface area contributed by atoms with Crippen molar-refractivity contribution in [3.05, 3.63) is 123 Å². The summed E-state index contributed by atoms with van der Waals surface area (Å²) in [6.07, 6.45) is 34.2. The van der Waals surface area contributed by atoms with Gasteiger partial charge in [0.05, 0.1) is 12.8 Å². The van der Waals surface area contributed by atoms with E-state index in [0.717, 1.165) is 69.0 Å². The van der Waals surface area contributed by atoms with E-state index in [-0.39, 0.29) is 194 Å². The number of nitrogens with zero attached hydrogens (tertiary/aromatic N) is 6. The van der Waals surface area contributed by atoms with Crippen molar-refractivity contribution in [2.75, 3.05) is 92.8 Å². The third-order valence-electron chi connectivity index (χ3n) is 19.7. The molecule has 0 saturated heterocycles. The normalized spacial score (nSPS) is 16.9. The van der Waals surface area contributed by atoms with Gasteiger partial charge in [-0.3, -0.25) is 106 Å². The number of aliphatic hydroxyl groups excluding tert-OH is 2. The average Bonchev–Trinajstić information content (AvgIpc) is 1.77. The van der Waals surface area contributed by atoms with Crippen LogP contribution in [0.15, 0.2) is 72.9 Å². The number of halogens is 4. The van der Waals surface area contributed by atoms with Crippen LogP contribution in [0.3, 0.4) is 0 Å². The Morgan fingerprint density at radius 3 is 0.547 bits per heavy atom. The molecule has 53 nitrogen and oxygen atoms in total. The molecule has 3 aliphatic carbocycles. The van der Waals surface area contributed by atoms with Gasteiger partial charge in [0.1, 0.15) is 0 Å². The van der Waals surface area contributed by atoms with Crippen LogP contribution in [0, 0.1) is 38.5 Å². The number of carboxylic acids is 6. The number of imide groups is 6. The van der Waals surface area contributed by atoms with Crippen molar-refractivity contribution in [1.29, 1.82) is 0 Å². The molecule has 3 saturated carbocycles. The third kappa shape index (κ3) is 90.5. The molecule has 18 amide bonds. The zero-order valence-electron chi connectivity index (χ0n) is 82.5. The minimum Gasteiger partial charge on any atom is -0.693 e. The van der Waals surface area contributed by atoms with Gasteiger partial charge in [-0.1, -0.05) is 77.0 Å². The first kappa shape index (κ1) is 160. The molecule has 6 aliphatic heterocycles. The van der Waals surface area contributed by atoms with Crippen LogP contribution in [0.4, 0.5) is 19.2 Å². The van der Waals surface area contributed by atoms with E-state index in [4.69, 9.17) is 135 Å². The number of aliphatic hydroxyl groups is 2. The first-order valence-corrected chi connectivity index (χ1v) is 56.4. The molecule has 9 aliphatic rings. The topological polar surface area (TPSA) is 882 Å². The van der Waals surface area contributed by atoms with Crippen molar-refractivity contribution in [3.63, 3.8) is 0 Å². The number of amides is 18. The van der Waals surface area contributed by atoms with Gasteiger partial charge >= 0.3 is 173 Å². The van der Waals surface area contributed by atoms with Crippen molar-refractivity contribution in [1.82, 2.24) is 61.3 Å². The fourth-order valence-corrected chi connectivity index (χ4v) is 12.1. The number of nitrogens with two attached hydrogens (primary N) is 2. The molecule has 0 unspecified atom stereocenters. The molecule has 25 N–H and O–H groups in total. The summed E-state index contributed by atoms with van der Waals surface area (Å²) < 4.78 is 0. The standard InChI is InChI=1S/2C11H14N2O5.4C10H14N2O4.3C7H13N.2C2H2O4.2CH4O.4ClH.2H2N.4Pt/c2*14-8(2-5-11(17)18)12-6-1-7-13-9(15)3-4-10(13)16;4*13-8-4-5-9(14)12(8)7-3-1-2-6-11-10(15)16;3*1-6-4-2-3-5-7(6)8;2*3-1(4)2(5)6;2*1-2;;;;;;;;;;/h2*3-4H,1-2,5-7H2,(H,12,14)(H,17,18);4*4-5,11H,1-3,6-7H2,(H,15,16);3*6-8H,1-5H2;2*(H,3,4)(H,5,6);2*2H,1H3;4*1H;2*1H2;;;;/q;;;;;;3*-2;;;;;;;;;2*-1;2*+2;2*+4/p-4/t;;;;;;3*6-,7-;;;;;;;;;;;;;;/m......111............../s1. The van der Waals surface area contributed by atoms with Crippen molar-refractivity contribution in [2.24, 2.45) is 17.8 Å². The third-order valence-corrected chi connectivity index (χ3v) is 19.7. The summed E-state index contributed by atoms with van der Waals surface area (Å²) in [5.41, 5.74) is 22.2. The number of carboxylic acid groups (broad SMARTS) is 10. The summed E-state index contributed by atoms with van der Waals surface area (Å²) in [5.74, 6) is -12.3. The van der Waals surface area contributed by atoms with Crippen molar-refractivity contribution in [3.8, 4) is 0 Å². The van der Waals surface area contributed by atoms with Gasteiger partial charge in [-0.2, -0.15) is 35.9 Å². The quantitative estimate of drug-likeness (QED) is 0.0119. The summed E-state index contributed by atoms with van der Waals surface area (Å²) in [6.45, 7) is 16.0. The van der Waals surface area contributed by atoms with E-state index >= 15 is 0 Å². The molecule has 0 aromatic rings. The molecule has 0 bridgehead atoms. The second kappa shape index (κ2) is 103. The van der Waals surface area contributed by atoms with E-state index in [0.29, 0.717) is 147 Å². The number of aliphatic carboxylic acids is 6. The van der Waals surface area contributed by atoms with Crippen molar-refractivity contribution >= 4 is 181 Å². The summed E-state index contributed by atoms with van der Waals surface area (Å²) >= 11 is -0.944. The minimum atomic E-state index is -1.82. The first-order valence-electron chi connectivity index (χ1n) is 45.1. The van der Waals surface area contributed by atoms with Gasteiger partial charge in [0.15, 0.2) is 0 Å². The van der Waals surface area contributed by atoms with Gasteiger partial charge in [-0.15, -0.1) is 0 Å². The minimum absolute atomic E-state index is 0. The first-order chi connectivity index (χ1) is 69.0. The van der Waals surface area contributed by atoms with Gasteiger partial charge in [0, 0.05) is 179 Å². The Labute approximate surface area is 930 Å². The molecule has 0 spiro atoms. The van der Waals surface area contributed by atoms with Gasteiger partial charge in [-0.05, 0) is 89.9 Å². The fourth-order valence-electron chi connectivity index (χ4n) is 12.1. The number of carbonyl (C=O) groups excluding carboxylic acids is 14. The van der Waals surface area contributed by atoms with Crippen LogP contribution in [0.5, 0.6) is 0 Å². The molecule has 61 heteroatoms. The maximum Gasteiger partial charge on any atom is 2.00 e. The molecule has 9 rings (SSSR count). The second-order valence-electron chi connectivity index (χ2n) is 30.6. The number of hydrogen-bond acceptors (Lipinski definition) is 26. The monoisotopic (exact) mass is 2940 g/mol. The van der Waals surface area contributed by atoms with E-state index in [9.17, 15) is 95.9 Å². The number of carbonyl (C=O) groups is 24. The molecule has 6 atom stereocenters. The Morgan fingerprint density at radius 2 is 0.420 bits per heavy atom. The second-order valence-corrected chi connectivity index (χ2v) is 37.2. The van der Waals surface area contributed by atoms with Crippen LogP contribution in [-0.4, -0.2) is 344 Å². The summed E-state index contributed by atoms with van der Waals surface area (Å²) in [7, 11) is 21.5. The van der Waals surface area contributed by atoms with E-state index in [1.807, 2.05) is 0 Å². The zero-order valence-corrected chi connectivity index (χ0v) is 94.6. The van der Waals surface area contributed by atoms with Crippen molar-refractivity contribution < 1.29 is 251 Å². The zero-order chi connectivity index (χ0) is 113. The molecular formula is C89H139Cl4N17O36Pt4. The number of nitrogens with one attached hydrogen (secondary N) is 9. The van der Waals surface area contributed by atoms with Crippen LogP contribution in [0.25, 0.3) is 29.5 Å². The van der Waals surface area contributed by atoms with Gasteiger partial charge in [0.25, 0.3) is 70.9 Å². The molecule has 864 valence electrons. The van der Waals surface area contributed by atoms with Crippen molar-refractivity contribution in [2.45, 2.75) is 211 Å². The number of rotatable bonds is 38. The predicted octanol–water partition coefficient (Wildman–Crippen LogP) is 8.97. The Morgan fingerprint density at radius 1 is 0.273 bits per heavy atom. The van der Waals surface area contributed by atoms with E-state index in [1.165, 1.54) is 150 Å². The fraction of sp³-hybridized carbons (Fsp3) is 0.562. The Hall–Kier alpha value is -10.2. The molecule has 0 aromatic carbocycles. The van der Waals surface area contributed by atoms with E-state index in [1.54, 1.807) is 0 Å². The summed E-state index contributed by atoms with van der Waals surface area (Å²) in [4.78, 5) is 260. The summed E-state index contributed by atoms with van der Waals surface area (Å²) in [6, 6.07) is 0.427. The maximum atomic E-state index is 11.2. The average molecular weight is 2950 g/mol. The van der Waals surface area contributed by atoms with Crippen LogP contribution >= 0.6 is 37.7 Å². The Balaban J connectivity index is -0.000000180. The molecule has 0 aromatic heterocycles. The van der Waals surface area contributed by atoms with Crippen LogP contribution in [0.1, 0.15) is 193 Å². The number of unbranched alkanes of at least 4 members (excludes halogenated alkanes) is 8. The Bertz CT molecular complexity index is 3720. The maximum absolute atomic E-state index is 11.2. The smallest absolute Gasteiger partial charge is 0.693 e. The molecular weight excluding hydrogens is 2810 g/mol. The molecule has 150 heavy (non-hydrogen) atoms. The Kier molecular flexibility index (Phi) is 110. The molecule has 3 fully saturated rings. The number of hydrogen-bond donors (Lipinski definition) is 18. The summed E-state index contributed by atoms with van der Waals surface area (Å²) in [5, 5.41) is 108. The SMILES string of the molecule is CO.CO.O=C(O)C(=O)O.O=C(O)C(=O)O.O=C(O)CCC(=O)NCCCN1C(=O)C=CC1=O.O=C(O)CCC(=O)NCCCN1C(=O)C=CC1=O.O=C(O)NCCCCCN1C(=O)C=CC1=O.O=C(O)NCCCCCN1C(=O)C=CC1=O.O=C(O)NCCCCCN1C(=O)C=CC1=O.O=C(O)NCCCCCN1C(=O)C=CC1=O.[CH2-][C@@H]1CCCC[C@H]1[NH-].[CH2-][C@@H]1CCCC[C@H]1[NH-].[CH2-][C@@H]1CCCC[C@H]1[NH-].[Cl][Pt+2][Cl].[Cl][Pt+2][Cl].[NH2-].[NH2-].[Pt+2].[Pt+2]. The van der Waals surface area contributed by atoms with E-state index in [2.05, 4.69) is 52.7 Å². The largest absolute Gasteiger partial charge is 2.00 e.